The first-order valence-corrected chi connectivity index (χ1v) is 13.5. The van der Waals surface area contributed by atoms with Crippen molar-refractivity contribution in [3.63, 3.8) is 0 Å². The second-order valence-electron chi connectivity index (χ2n) is 12.0. The summed E-state index contributed by atoms with van der Waals surface area (Å²) in [6, 6.07) is 8.88. The van der Waals surface area contributed by atoms with Gasteiger partial charge in [-0.15, -0.1) is 0 Å². The first-order chi connectivity index (χ1) is 17.4. The highest BCUT2D eigenvalue weighted by molar-refractivity contribution is 5.92. The van der Waals surface area contributed by atoms with Gasteiger partial charge in [-0.05, 0) is 79.7 Å². The van der Waals surface area contributed by atoms with Gasteiger partial charge in [0.15, 0.2) is 5.78 Å². The molecule has 1 fully saturated rings. The van der Waals surface area contributed by atoms with E-state index in [9.17, 15) is 15.0 Å². The lowest BCUT2D eigenvalue weighted by Crippen LogP contribution is -2.52. The third-order valence-corrected chi connectivity index (χ3v) is 10.6. The minimum absolute atomic E-state index is 0.0502. The summed E-state index contributed by atoms with van der Waals surface area (Å²) in [4.78, 5) is 12.5. The number of hydrogen-bond donors (Lipinski definition) is 2. The molecule has 1 aromatic carbocycles. The molecule has 5 aliphatic rings. The largest absolute Gasteiger partial charge is 0.472 e. The number of carbonyl (C=O) groups is 1. The summed E-state index contributed by atoms with van der Waals surface area (Å²) in [5.74, 6) is 0.867. The highest BCUT2D eigenvalue weighted by Crippen LogP contribution is 2.70. The first-order valence-electron chi connectivity index (χ1n) is 13.5. The predicted molar refractivity (Wildman–Crippen MR) is 138 cm³/mol. The number of furan rings is 1. The Morgan fingerprint density at radius 1 is 1.14 bits per heavy atom. The molecule has 1 heterocycles. The zero-order valence-electron chi connectivity index (χ0n) is 20.9. The number of benzene rings is 1. The third-order valence-electron chi connectivity index (χ3n) is 10.6. The Kier molecular flexibility index (Phi) is 4.79. The maximum Gasteiger partial charge on any atom is 0.155 e. The zero-order chi connectivity index (χ0) is 24.7. The molecule has 1 unspecified atom stereocenters. The Morgan fingerprint density at radius 2 is 2.03 bits per heavy atom. The van der Waals surface area contributed by atoms with Gasteiger partial charge in [0.25, 0.3) is 0 Å². The van der Waals surface area contributed by atoms with Crippen molar-refractivity contribution >= 4 is 5.78 Å². The quantitative estimate of drug-likeness (QED) is 0.523. The van der Waals surface area contributed by atoms with Crippen LogP contribution in [0.3, 0.4) is 0 Å². The van der Waals surface area contributed by atoms with Crippen molar-refractivity contribution in [2.24, 2.45) is 16.7 Å². The van der Waals surface area contributed by atoms with Gasteiger partial charge in [-0.3, -0.25) is 4.79 Å². The number of aliphatic hydroxyl groups is 2. The van der Waals surface area contributed by atoms with Gasteiger partial charge >= 0.3 is 0 Å². The van der Waals surface area contributed by atoms with E-state index < -0.39 is 5.60 Å². The normalized spacial score (nSPS) is 36.9. The predicted octanol–water partition coefficient (Wildman–Crippen LogP) is 6.05. The first kappa shape index (κ1) is 22.5. The molecule has 0 bridgehead atoms. The van der Waals surface area contributed by atoms with Gasteiger partial charge in [0.1, 0.15) is 0 Å². The SMILES string of the molecule is C[C@]12CC3C4=C(CCC5=CC(=O)CC[C@@]54Cc4cc(-c5ccoc5)ccc43)[C@@H]1CC[C@@]2(O)/C=C\CO. The molecule has 2 aromatic rings. The molecule has 5 atom stereocenters. The summed E-state index contributed by atoms with van der Waals surface area (Å²) in [5, 5.41) is 21.4. The average Bonchev–Trinajstić information content (AvgIpc) is 3.50. The fraction of sp³-hybridized carbons (Fsp3) is 0.469. The molecule has 0 radical (unpaired) electrons. The molecular formula is C32H34O4. The van der Waals surface area contributed by atoms with Crippen molar-refractivity contribution in [2.75, 3.05) is 6.61 Å². The Labute approximate surface area is 212 Å². The molecule has 0 amide bonds. The molecular weight excluding hydrogens is 448 g/mol. The Balaban J connectivity index is 1.45. The van der Waals surface area contributed by atoms with Crippen molar-refractivity contribution in [3.8, 4) is 11.1 Å². The van der Waals surface area contributed by atoms with Crippen molar-refractivity contribution in [1.82, 2.24) is 0 Å². The van der Waals surface area contributed by atoms with Crippen LogP contribution in [-0.2, 0) is 11.2 Å². The van der Waals surface area contributed by atoms with E-state index in [1.165, 1.54) is 22.3 Å². The van der Waals surface area contributed by atoms with Crippen LogP contribution in [0.15, 0.2) is 76.2 Å². The molecule has 1 spiro atoms. The van der Waals surface area contributed by atoms with Crippen molar-refractivity contribution in [2.45, 2.75) is 69.8 Å². The number of aliphatic hydroxyl groups excluding tert-OH is 1. The van der Waals surface area contributed by atoms with Crippen LogP contribution in [0.4, 0.5) is 0 Å². The smallest absolute Gasteiger partial charge is 0.155 e. The molecule has 4 nitrogen and oxygen atoms in total. The number of ketones is 1. The lowest BCUT2D eigenvalue weighted by Gasteiger charge is -2.59. The Bertz CT molecular complexity index is 1340. The number of carbonyl (C=O) groups excluding carboxylic acids is 1. The van der Waals surface area contributed by atoms with E-state index in [1.54, 1.807) is 29.7 Å². The lowest BCUT2D eigenvalue weighted by molar-refractivity contribution is -0.115. The number of fused-ring (bicyclic) bond motifs is 4. The van der Waals surface area contributed by atoms with E-state index in [4.69, 9.17) is 4.42 Å². The number of hydrogen-bond acceptors (Lipinski definition) is 4. The van der Waals surface area contributed by atoms with E-state index in [1.807, 2.05) is 18.2 Å². The Morgan fingerprint density at radius 3 is 2.83 bits per heavy atom. The molecule has 2 N–H and O–H groups in total. The number of rotatable bonds is 3. The summed E-state index contributed by atoms with van der Waals surface area (Å²) in [7, 11) is 0. The van der Waals surface area contributed by atoms with Crippen LogP contribution in [0.25, 0.3) is 11.1 Å². The third kappa shape index (κ3) is 2.86. The van der Waals surface area contributed by atoms with Gasteiger partial charge in [-0.2, -0.15) is 0 Å². The standard InChI is InChI=1S/C32H34O4/c1-30-18-27-25-5-3-20(21-9-14-36-19-21)15-22(25)17-31-11-7-24(34)16-23(31)4-6-26(29(27)31)28(30)8-12-32(30,35)10-2-13-33/h2-3,5,9-10,14-16,19,27-28,33,35H,4,6-8,11-13,17-18H2,1H3/b10-2-/t27?,28-,30-,31+,32-/m0/s1. The highest BCUT2D eigenvalue weighted by atomic mass is 16.3. The van der Waals surface area contributed by atoms with Gasteiger partial charge < -0.3 is 14.6 Å². The van der Waals surface area contributed by atoms with Crippen LogP contribution in [0.5, 0.6) is 0 Å². The lowest BCUT2D eigenvalue weighted by atomic mass is 9.45. The zero-order valence-corrected chi connectivity index (χ0v) is 20.9. The van der Waals surface area contributed by atoms with Gasteiger partial charge in [-0.25, -0.2) is 0 Å². The summed E-state index contributed by atoms with van der Waals surface area (Å²) >= 11 is 0. The summed E-state index contributed by atoms with van der Waals surface area (Å²) in [6.07, 6.45) is 16.1. The van der Waals surface area contributed by atoms with Gasteiger partial charge in [0.2, 0.25) is 0 Å². The minimum atomic E-state index is -0.918. The average molecular weight is 483 g/mol. The molecule has 0 saturated heterocycles. The van der Waals surface area contributed by atoms with Gasteiger partial charge in [0, 0.05) is 28.7 Å². The molecule has 186 valence electrons. The van der Waals surface area contributed by atoms with Gasteiger partial charge in [-0.1, -0.05) is 54.0 Å². The fourth-order valence-corrected chi connectivity index (χ4v) is 8.94. The van der Waals surface area contributed by atoms with E-state index in [-0.39, 0.29) is 29.1 Å². The van der Waals surface area contributed by atoms with Crippen molar-refractivity contribution in [1.29, 1.82) is 0 Å². The fourth-order valence-electron chi connectivity index (χ4n) is 8.94. The molecule has 4 heteroatoms. The summed E-state index contributed by atoms with van der Waals surface area (Å²) in [6.45, 7) is 2.23. The Hall–Kier alpha value is -2.69. The second kappa shape index (κ2) is 7.66. The molecule has 1 saturated carbocycles. The van der Waals surface area contributed by atoms with E-state index in [0.29, 0.717) is 12.3 Å². The van der Waals surface area contributed by atoms with E-state index in [0.717, 1.165) is 50.5 Å². The monoisotopic (exact) mass is 482 g/mol. The van der Waals surface area contributed by atoms with Gasteiger partial charge in [0.05, 0.1) is 24.7 Å². The van der Waals surface area contributed by atoms with Crippen LogP contribution in [0.1, 0.15) is 68.9 Å². The van der Waals surface area contributed by atoms with Crippen LogP contribution in [-0.4, -0.2) is 28.2 Å². The minimum Gasteiger partial charge on any atom is -0.472 e. The molecule has 1 aromatic heterocycles. The highest BCUT2D eigenvalue weighted by Gasteiger charge is 2.63. The van der Waals surface area contributed by atoms with Crippen LogP contribution < -0.4 is 0 Å². The summed E-state index contributed by atoms with van der Waals surface area (Å²) in [5.41, 5.74) is 8.26. The van der Waals surface area contributed by atoms with Crippen LogP contribution >= 0.6 is 0 Å². The van der Waals surface area contributed by atoms with E-state index >= 15 is 0 Å². The van der Waals surface area contributed by atoms with E-state index in [2.05, 4.69) is 25.1 Å². The topological polar surface area (TPSA) is 70.7 Å². The maximum absolute atomic E-state index is 12.5. The summed E-state index contributed by atoms with van der Waals surface area (Å²) < 4.78 is 5.37. The molecule has 36 heavy (non-hydrogen) atoms. The molecule has 5 aliphatic carbocycles. The second-order valence-corrected chi connectivity index (χ2v) is 12.0. The molecule has 0 aliphatic heterocycles. The maximum atomic E-state index is 12.5. The van der Waals surface area contributed by atoms with Crippen LogP contribution in [0.2, 0.25) is 0 Å². The van der Waals surface area contributed by atoms with Crippen LogP contribution in [0, 0.1) is 16.7 Å². The van der Waals surface area contributed by atoms with Crippen molar-refractivity contribution in [3.05, 3.63) is 82.9 Å². The number of allylic oxidation sites excluding steroid dienone is 4. The molecule has 7 rings (SSSR count). The van der Waals surface area contributed by atoms with Crippen molar-refractivity contribution < 1.29 is 19.4 Å².